The largest absolute Gasteiger partial charge is 0.494 e. The zero-order chi connectivity index (χ0) is 7.56. The lowest BCUT2D eigenvalue weighted by molar-refractivity contribution is 0.416. The molecular weight excluding hydrogens is 168 g/mol. The van der Waals surface area contributed by atoms with E-state index < -0.39 is 0 Å². The Morgan fingerprint density at radius 1 is 1.70 bits per heavy atom. The van der Waals surface area contributed by atoms with Gasteiger partial charge in [0, 0.05) is 4.88 Å². The molecule has 10 heavy (non-hydrogen) atoms. The molecule has 0 fully saturated rings. The highest BCUT2D eigenvalue weighted by Gasteiger charge is 2.04. The van der Waals surface area contributed by atoms with E-state index in [-0.39, 0.29) is 0 Å². The van der Waals surface area contributed by atoms with Gasteiger partial charge in [0.05, 0.1) is 7.11 Å². The van der Waals surface area contributed by atoms with Crippen molar-refractivity contribution in [3.05, 3.63) is 15.3 Å². The zero-order valence-corrected chi connectivity index (χ0v) is 7.55. The molecule has 0 aliphatic heterocycles. The molecule has 1 rings (SSSR count). The first-order valence-corrected chi connectivity index (χ1v) is 4.29. The van der Waals surface area contributed by atoms with Crippen LogP contribution in [0, 0.1) is 0 Å². The number of methoxy groups -OCH3 is 1. The zero-order valence-electron chi connectivity index (χ0n) is 5.98. The van der Waals surface area contributed by atoms with Crippen LogP contribution in [0.4, 0.5) is 0 Å². The van der Waals surface area contributed by atoms with E-state index in [1.807, 2.05) is 6.07 Å². The van der Waals surface area contributed by atoms with Gasteiger partial charge in [-0.25, -0.2) is 0 Å². The molecular formula is C7H9ClOS. The van der Waals surface area contributed by atoms with E-state index in [0.717, 1.165) is 16.5 Å². The molecule has 3 heteroatoms. The summed E-state index contributed by atoms with van der Waals surface area (Å²) >= 11 is 7.40. The topological polar surface area (TPSA) is 9.23 Å². The van der Waals surface area contributed by atoms with Gasteiger partial charge in [-0.1, -0.05) is 18.5 Å². The summed E-state index contributed by atoms with van der Waals surface area (Å²) < 4.78 is 5.76. The van der Waals surface area contributed by atoms with Gasteiger partial charge in [0.15, 0.2) is 0 Å². The fourth-order valence-corrected chi connectivity index (χ4v) is 1.92. The quantitative estimate of drug-likeness (QED) is 0.673. The van der Waals surface area contributed by atoms with Crippen LogP contribution >= 0.6 is 22.9 Å². The van der Waals surface area contributed by atoms with Gasteiger partial charge in [0.2, 0.25) is 0 Å². The Balaban J connectivity index is 2.92. The predicted octanol–water partition coefficient (Wildman–Crippen LogP) is 2.97. The molecule has 0 unspecified atom stereocenters. The minimum Gasteiger partial charge on any atom is -0.494 e. The lowest BCUT2D eigenvalue weighted by Crippen LogP contribution is -1.77. The maximum absolute atomic E-state index is 5.82. The van der Waals surface area contributed by atoms with Crippen LogP contribution in [-0.4, -0.2) is 7.11 Å². The number of thiophene rings is 1. The fourth-order valence-electron chi connectivity index (χ4n) is 0.711. The standard InChI is InChI=1S/C7H9ClOS/c1-3-5-4-6(9-2)7(8)10-5/h4H,3H2,1-2H3. The van der Waals surface area contributed by atoms with Crippen LogP contribution in [0.25, 0.3) is 0 Å². The van der Waals surface area contributed by atoms with Gasteiger partial charge in [-0.05, 0) is 12.5 Å². The predicted molar refractivity (Wildman–Crippen MR) is 45.3 cm³/mol. The molecule has 0 saturated carbocycles. The average Bonchev–Trinajstić information content (AvgIpc) is 2.30. The van der Waals surface area contributed by atoms with Gasteiger partial charge in [-0.15, -0.1) is 11.3 Å². The molecule has 1 nitrogen and oxygen atoms in total. The number of hydrogen-bond donors (Lipinski definition) is 0. The molecule has 56 valence electrons. The Bertz CT molecular complexity index is 219. The van der Waals surface area contributed by atoms with Gasteiger partial charge in [0.1, 0.15) is 10.1 Å². The first-order valence-electron chi connectivity index (χ1n) is 3.10. The lowest BCUT2D eigenvalue weighted by atomic mass is 10.4. The van der Waals surface area contributed by atoms with Crippen LogP contribution in [0.3, 0.4) is 0 Å². The first kappa shape index (κ1) is 7.89. The smallest absolute Gasteiger partial charge is 0.148 e. The molecule has 0 saturated heterocycles. The van der Waals surface area contributed by atoms with Crippen molar-refractivity contribution in [3.63, 3.8) is 0 Å². The molecule has 0 radical (unpaired) electrons. The van der Waals surface area contributed by atoms with Crippen molar-refractivity contribution in [2.45, 2.75) is 13.3 Å². The van der Waals surface area contributed by atoms with Crippen molar-refractivity contribution in [1.82, 2.24) is 0 Å². The van der Waals surface area contributed by atoms with E-state index in [2.05, 4.69) is 6.92 Å². The summed E-state index contributed by atoms with van der Waals surface area (Å²) in [5, 5.41) is 0. The van der Waals surface area contributed by atoms with Crippen LogP contribution < -0.4 is 4.74 Å². The van der Waals surface area contributed by atoms with E-state index in [1.165, 1.54) is 4.88 Å². The Morgan fingerprint density at radius 3 is 2.70 bits per heavy atom. The average molecular weight is 177 g/mol. The van der Waals surface area contributed by atoms with Crippen molar-refractivity contribution in [2.75, 3.05) is 7.11 Å². The van der Waals surface area contributed by atoms with Gasteiger partial charge in [-0.2, -0.15) is 0 Å². The molecule has 0 bridgehead atoms. The molecule has 1 aromatic rings. The van der Waals surface area contributed by atoms with Crippen LogP contribution in [-0.2, 0) is 6.42 Å². The second-order valence-electron chi connectivity index (χ2n) is 1.91. The van der Waals surface area contributed by atoms with Crippen molar-refractivity contribution in [3.8, 4) is 5.75 Å². The molecule has 1 heterocycles. The fraction of sp³-hybridized carbons (Fsp3) is 0.429. The summed E-state index contributed by atoms with van der Waals surface area (Å²) in [6, 6.07) is 1.98. The molecule has 0 amide bonds. The highest BCUT2D eigenvalue weighted by Crippen LogP contribution is 2.33. The molecule has 1 aromatic heterocycles. The number of ether oxygens (including phenoxy) is 1. The second-order valence-corrected chi connectivity index (χ2v) is 3.65. The number of halogens is 1. The summed E-state index contributed by atoms with van der Waals surface area (Å²) in [4.78, 5) is 1.27. The summed E-state index contributed by atoms with van der Waals surface area (Å²) in [7, 11) is 1.63. The summed E-state index contributed by atoms with van der Waals surface area (Å²) in [5.41, 5.74) is 0. The van der Waals surface area contributed by atoms with Gasteiger partial charge < -0.3 is 4.74 Å². The SMILES string of the molecule is CCc1cc(OC)c(Cl)s1. The highest BCUT2D eigenvalue weighted by atomic mass is 35.5. The van der Waals surface area contributed by atoms with Crippen LogP contribution in [0.1, 0.15) is 11.8 Å². The van der Waals surface area contributed by atoms with E-state index in [0.29, 0.717) is 0 Å². The summed E-state index contributed by atoms with van der Waals surface area (Å²) in [5.74, 6) is 0.795. The minimum absolute atomic E-state index is 0.749. The van der Waals surface area contributed by atoms with E-state index in [1.54, 1.807) is 18.4 Å². The van der Waals surface area contributed by atoms with Crippen molar-refractivity contribution < 1.29 is 4.74 Å². The third-order valence-corrected chi connectivity index (χ3v) is 2.74. The van der Waals surface area contributed by atoms with Crippen LogP contribution in [0.2, 0.25) is 4.34 Å². The van der Waals surface area contributed by atoms with Gasteiger partial charge in [0.25, 0.3) is 0 Å². The van der Waals surface area contributed by atoms with E-state index in [4.69, 9.17) is 16.3 Å². The maximum atomic E-state index is 5.82. The number of rotatable bonds is 2. The van der Waals surface area contributed by atoms with Crippen molar-refractivity contribution >= 4 is 22.9 Å². The van der Waals surface area contributed by atoms with Crippen molar-refractivity contribution in [2.24, 2.45) is 0 Å². The molecule has 0 aliphatic rings. The lowest BCUT2D eigenvalue weighted by Gasteiger charge is -1.91. The summed E-state index contributed by atoms with van der Waals surface area (Å²) in [6.07, 6.45) is 1.02. The Morgan fingerprint density at radius 2 is 2.40 bits per heavy atom. The van der Waals surface area contributed by atoms with Crippen LogP contribution in [0.15, 0.2) is 6.07 Å². The Labute approximate surface area is 69.6 Å². The molecule has 0 spiro atoms. The van der Waals surface area contributed by atoms with Crippen LogP contribution in [0.5, 0.6) is 5.75 Å². The van der Waals surface area contributed by atoms with Gasteiger partial charge >= 0.3 is 0 Å². The molecule has 0 aromatic carbocycles. The third-order valence-electron chi connectivity index (χ3n) is 1.27. The molecule has 0 aliphatic carbocycles. The molecule has 0 N–H and O–H groups in total. The third kappa shape index (κ3) is 1.44. The molecule has 0 atom stereocenters. The number of aryl methyl sites for hydroxylation is 1. The van der Waals surface area contributed by atoms with E-state index >= 15 is 0 Å². The Kier molecular flexibility index (Phi) is 2.57. The normalized spacial score (nSPS) is 9.90. The summed E-state index contributed by atoms with van der Waals surface area (Å²) in [6.45, 7) is 2.10. The minimum atomic E-state index is 0.749. The monoisotopic (exact) mass is 176 g/mol. The second kappa shape index (κ2) is 3.26. The number of hydrogen-bond acceptors (Lipinski definition) is 2. The van der Waals surface area contributed by atoms with Crippen molar-refractivity contribution in [1.29, 1.82) is 0 Å². The van der Waals surface area contributed by atoms with E-state index in [9.17, 15) is 0 Å². The maximum Gasteiger partial charge on any atom is 0.148 e. The Hall–Kier alpha value is -0.210. The first-order chi connectivity index (χ1) is 4.77. The van der Waals surface area contributed by atoms with Gasteiger partial charge in [-0.3, -0.25) is 0 Å². The highest BCUT2D eigenvalue weighted by molar-refractivity contribution is 7.16.